The van der Waals surface area contributed by atoms with Crippen molar-refractivity contribution in [3.63, 3.8) is 0 Å². The highest BCUT2D eigenvalue weighted by Crippen LogP contribution is 2.57. The van der Waals surface area contributed by atoms with E-state index in [1.807, 2.05) is 56.3 Å². The molecule has 0 saturated carbocycles. The summed E-state index contributed by atoms with van der Waals surface area (Å²) in [7, 11) is 0. The third-order valence-corrected chi connectivity index (χ3v) is 8.50. The van der Waals surface area contributed by atoms with E-state index in [9.17, 15) is 13.2 Å². The minimum absolute atomic E-state index is 0.324. The summed E-state index contributed by atoms with van der Waals surface area (Å²) in [6.45, 7) is 8.50. The van der Waals surface area contributed by atoms with Crippen molar-refractivity contribution in [3.8, 4) is 22.4 Å². The highest BCUT2D eigenvalue weighted by molar-refractivity contribution is 6.17. The maximum atomic E-state index is 14.7. The lowest BCUT2D eigenvalue weighted by atomic mass is 9.68. The van der Waals surface area contributed by atoms with Gasteiger partial charge >= 0.3 is 6.18 Å². The Hall–Kier alpha value is -3.66. The van der Waals surface area contributed by atoms with Gasteiger partial charge in [-0.1, -0.05) is 76.2 Å². The van der Waals surface area contributed by atoms with Crippen molar-refractivity contribution in [3.05, 3.63) is 101 Å². The van der Waals surface area contributed by atoms with Crippen molar-refractivity contribution in [2.24, 2.45) is 0 Å². The molecular formula is C32H24F3N. The summed E-state index contributed by atoms with van der Waals surface area (Å²) in [5.41, 5.74) is 5.43. The van der Waals surface area contributed by atoms with Gasteiger partial charge in [0.2, 0.25) is 0 Å². The Morgan fingerprint density at radius 1 is 0.667 bits per heavy atom. The van der Waals surface area contributed by atoms with E-state index in [1.54, 1.807) is 6.20 Å². The number of nitrogens with zero attached hydrogens (tertiary/aromatic N) is 1. The van der Waals surface area contributed by atoms with Crippen LogP contribution < -0.4 is 0 Å². The Morgan fingerprint density at radius 3 is 2.00 bits per heavy atom. The van der Waals surface area contributed by atoms with Crippen LogP contribution in [0.2, 0.25) is 0 Å². The van der Waals surface area contributed by atoms with E-state index in [2.05, 4.69) is 32.0 Å². The second kappa shape index (κ2) is 6.56. The molecule has 0 fully saturated rings. The zero-order valence-corrected chi connectivity index (χ0v) is 20.5. The van der Waals surface area contributed by atoms with Crippen LogP contribution in [-0.2, 0) is 17.0 Å². The predicted molar refractivity (Wildman–Crippen MR) is 139 cm³/mol. The number of alkyl halides is 3. The average molecular weight is 480 g/mol. The Balaban J connectivity index is 1.74. The number of hydrogen-bond acceptors (Lipinski definition) is 1. The molecule has 4 aromatic carbocycles. The Kier molecular flexibility index (Phi) is 3.93. The number of fused-ring (bicyclic) bond motifs is 8. The molecule has 1 nitrogen and oxygen atoms in total. The predicted octanol–water partition coefficient (Wildman–Crippen LogP) is 9.02. The summed E-state index contributed by atoms with van der Waals surface area (Å²) >= 11 is 0. The van der Waals surface area contributed by atoms with Crippen molar-refractivity contribution >= 4 is 21.5 Å². The first-order chi connectivity index (χ1) is 17.0. The van der Waals surface area contributed by atoms with Crippen molar-refractivity contribution in [2.45, 2.75) is 44.7 Å². The summed E-state index contributed by atoms with van der Waals surface area (Å²) in [6, 6.07) is 21.2. The van der Waals surface area contributed by atoms with Crippen LogP contribution in [0.1, 0.15) is 55.5 Å². The third kappa shape index (κ3) is 2.49. The van der Waals surface area contributed by atoms with Gasteiger partial charge in [-0.2, -0.15) is 13.2 Å². The topological polar surface area (TPSA) is 12.9 Å². The van der Waals surface area contributed by atoms with Crippen molar-refractivity contribution in [2.75, 3.05) is 0 Å². The minimum Gasteiger partial charge on any atom is -0.256 e. The maximum absolute atomic E-state index is 14.7. The molecule has 0 unspecified atom stereocenters. The number of benzene rings is 4. The van der Waals surface area contributed by atoms with Gasteiger partial charge in [0.05, 0.1) is 11.3 Å². The molecule has 0 aliphatic heterocycles. The molecule has 1 heterocycles. The van der Waals surface area contributed by atoms with Gasteiger partial charge < -0.3 is 0 Å². The molecular weight excluding hydrogens is 455 g/mol. The Bertz CT molecular complexity index is 1770. The number of hydrogen-bond donors (Lipinski definition) is 0. The SMILES string of the molecule is CC1(C)c2ccccc2-c2c(C(F)(F)F)cc3c(cc4c5c(nccc53)-c3ccccc3C4(C)C)c21. The van der Waals surface area contributed by atoms with Crippen LogP contribution >= 0.6 is 0 Å². The monoisotopic (exact) mass is 479 g/mol. The first-order valence-electron chi connectivity index (χ1n) is 12.2. The highest BCUT2D eigenvalue weighted by Gasteiger charge is 2.45. The normalized spacial score (nSPS) is 16.6. The standard InChI is InChI=1S/C32H24F3N/c1-30(2)23-12-8-6-10-19(23)29-27-17(13-14-36-29)20-15-25(32(33,34)35)26-18-9-5-7-11-22(18)31(3,4)28(26)21(20)16-24(27)30/h5-16H,1-4H3. The number of aromatic nitrogens is 1. The molecule has 4 heteroatoms. The van der Waals surface area contributed by atoms with Gasteiger partial charge in [-0.3, -0.25) is 4.98 Å². The van der Waals surface area contributed by atoms with Crippen LogP contribution in [0.3, 0.4) is 0 Å². The zero-order chi connectivity index (χ0) is 25.2. The smallest absolute Gasteiger partial charge is 0.256 e. The maximum Gasteiger partial charge on any atom is 0.417 e. The molecule has 0 saturated heterocycles. The highest BCUT2D eigenvalue weighted by atomic mass is 19.4. The average Bonchev–Trinajstić information content (AvgIpc) is 3.09. The summed E-state index contributed by atoms with van der Waals surface area (Å²) in [6.07, 6.45) is -2.74. The van der Waals surface area contributed by atoms with E-state index >= 15 is 0 Å². The summed E-state index contributed by atoms with van der Waals surface area (Å²) < 4.78 is 44.0. The van der Waals surface area contributed by atoms with Gasteiger partial charge in [0, 0.05) is 28.0 Å². The largest absolute Gasteiger partial charge is 0.417 e. The van der Waals surface area contributed by atoms with E-state index in [4.69, 9.17) is 4.98 Å². The van der Waals surface area contributed by atoms with Crippen LogP contribution in [0.4, 0.5) is 13.2 Å². The van der Waals surface area contributed by atoms with Crippen LogP contribution in [0.15, 0.2) is 72.9 Å². The minimum atomic E-state index is -4.48. The van der Waals surface area contributed by atoms with E-state index in [0.717, 1.165) is 44.1 Å². The second-order valence-electron chi connectivity index (χ2n) is 11.1. The van der Waals surface area contributed by atoms with Crippen molar-refractivity contribution in [1.29, 1.82) is 0 Å². The fourth-order valence-electron chi connectivity index (χ4n) is 6.86. The molecule has 0 bridgehead atoms. The molecule has 5 aromatic rings. The van der Waals surface area contributed by atoms with Crippen molar-refractivity contribution < 1.29 is 13.2 Å². The molecule has 178 valence electrons. The molecule has 2 aliphatic rings. The van der Waals surface area contributed by atoms with Gasteiger partial charge in [-0.15, -0.1) is 0 Å². The molecule has 1 aromatic heterocycles. The van der Waals surface area contributed by atoms with Gasteiger partial charge in [0.1, 0.15) is 0 Å². The Labute approximate surface area is 207 Å². The van der Waals surface area contributed by atoms with Crippen LogP contribution in [-0.4, -0.2) is 4.98 Å². The molecule has 0 atom stereocenters. The lowest BCUT2D eigenvalue weighted by molar-refractivity contribution is -0.137. The molecule has 0 spiro atoms. The zero-order valence-electron chi connectivity index (χ0n) is 20.5. The van der Waals surface area contributed by atoms with Crippen LogP contribution in [0.5, 0.6) is 0 Å². The van der Waals surface area contributed by atoms with Gasteiger partial charge in [0.25, 0.3) is 0 Å². The molecule has 2 aliphatic carbocycles. The fraction of sp³-hybridized carbons (Fsp3) is 0.219. The molecule has 36 heavy (non-hydrogen) atoms. The van der Waals surface area contributed by atoms with E-state index in [1.165, 1.54) is 11.6 Å². The molecule has 7 rings (SSSR count). The van der Waals surface area contributed by atoms with Crippen LogP contribution in [0, 0.1) is 0 Å². The third-order valence-electron chi connectivity index (χ3n) is 8.50. The molecule has 0 radical (unpaired) electrons. The second-order valence-corrected chi connectivity index (χ2v) is 11.1. The first kappa shape index (κ1) is 21.6. The van der Waals surface area contributed by atoms with Gasteiger partial charge in [-0.05, 0) is 67.7 Å². The number of halogens is 3. The van der Waals surface area contributed by atoms with E-state index in [-0.39, 0.29) is 5.41 Å². The molecule has 0 N–H and O–H groups in total. The lowest BCUT2D eigenvalue weighted by Gasteiger charge is -2.35. The lowest BCUT2D eigenvalue weighted by Crippen LogP contribution is -2.24. The molecule has 0 amide bonds. The Morgan fingerprint density at radius 2 is 1.31 bits per heavy atom. The number of pyridine rings is 1. The summed E-state index contributed by atoms with van der Waals surface area (Å²) in [4.78, 5) is 4.73. The number of rotatable bonds is 0. The van der Waals surface area contributed by atoms with E-state index < -0.39 is 17.2 Å². The van der Waals surface area contributed by atoms with Crippen molar-refractivity contribution in [1.82, 2.24) is 4.98 Å². The van der Waals surface area contributed by atoms with Crippen LogP contribution in [0.25, 0.3) is 43.9 Å². The van der Waals surface area contributed by atoms with Gasteiger partial charge in [0.15, 0.2) is 0 Å². The van der Waals surface area contributed by atoms with Gasteiger partial charge in [-0.25, -0.2) is 0 Å². The summed E-state index contributed by atoms with van der Waals surface area (Å²) in [5, 5.41) is 3.32. The fourth-order valence-corrected chi connectivity index (χ4v) is 6.86. The van der Waals surface area contributed by atoms with E-state index in [0.29, 0.717) is 16.5 Å². The first-order valence-corrected chi connectivity index (χ1v) is 12.2. The summed E-state index contributed by atoms with van der Waals surface area (Å²) in [5.74, 6) is 0. The quantitative estimate of drug-likeness (QED) is 0.202.